The van der Waals surface area contributed by atoms with E-state index < -0.39 is 0 Å². The number of rotatable bonds is 1. The highest BCUT2D eigenvalue weighted by molar-refractivity contribution is 7.80. The molecule has 0 aliphatic rings. The van der Waals surface area contributed by atoms with E-state index in [-0.39, 0.29) is 0 Å². The summed E-state index contributed by atoms with van der Waals surface area (Å²) in [4.78, 5) is 0.870. The molecule has 0 atom stereocenters. The van der Waals surface area contributed by atoms with E-state index in [2.05, 4.69) is 12.6 Å². The molecular formula is C8H9NS. The van der Waals surface area contributed by atoms with Crippen molar-refractivity contribution in [2.24, 2.45) is 0 Å². The summed E-state index contributed by atoms with van der Waals surface area (Å²) in [6.07, 6.45) is 0. The molecule has 0 aromatic heterocycles. The van der Waals surface area contributed by atoms with Gasteiger partial charge in [0, 0.05) is 16.2 Å². The van der Waals surface area contributed by atoms with Gasteiger partial charge >= 0.3 is 0 Å². The third kappa shape index (κ3) is 1.39. The van der Waals surface area contributed by atoms with E-state index in [1.807, 2.05) is 24.3 Å². The second-order valence-corrected chi connectivity index (χ2v) is 2.62. The highest BCUT2D eigenvalue weighted by Crippen LogP contribution is 2.12. The average Bonchev–Trinajstić information content (AvgIpc) is 1.88. The number of hydrogen-bond donors (Lipinski definition) is 2. The first-order chi connectivity index (χ1) is 4.72. The molecule has 1 nitrogen and oxygen atoms in total. The van der Waals surface area contributed by atoms with E-state index in [0.717, 1.165) is 10.5 Å². The quantitative estimate of drug-likeness (QED) is 0.455. The van der Waals surface area contributed by atoms with E-state index in [9.17, 15) is 0 Å². The van der Waals surface area contributed by atoms with E-state index in [4.69, 9.17) is 5.41 Å². The fourth-order valence-corrected chi connectivity index (χ4v) is 1.12. The number of nitrogens with one attached hydrogen (secondary N) is 1. The number of hydrogen-bond acceptors (Lipinski definition) is 2. The topological polar surface area (TPSA) is 23.9 Å². The molecule has 1 N–H and O–H groups in total. The van der Waals surface area contributed by atoms with Crippen molar-refractivity contribution in [1.29, 1.82) is 5.41 Å². The van der Waals surface area contributed by atoms with Gasteiger partial charge in [-0.2, -0.15) is 0 Å². The Bertz CT molecular complexity index is 255. The van der Waals surface area contributed by atoms with Crippen LogP contribution in [-0.4, -0.2) is 5.71 Å². The molecular weight excluding hydrogens is 142 g/mol. The zero-order valence-electron chi connectivity index (χ0n) is 5.76. The van der Waals surface area contributed by atoms with Gasteiger partial charge in [0.1, 0.15) is 0 Å². The van der Waals surface area contributed by atoms with Crippen LogP contribution < -0.4 is 0 Å². The van der Waals surface area contributed by atoms with Crippen molar-refractivity contribution >= 4 is 18.3 Å². The first kappa shape index (κ1) is 7.35. The van der Waals surface area contributed by atoms with Crippen LogP contribution in [0.1, 0.15) is 12.5 Å². The van der Waals surface area contributed by atoms with Gasteiger partial charge in [0.05, 0.1) is 0 Å². The van der Waals surface area contributed by atoms with Crippen molar-refractivity contribution in [3.63, 3.8) is 0 Å². The Hall–Kier alpha value is -0.760. The summed E-state index contributed by atoms with van der Waals surface area (Å²) in [5.74, 6) is 0. The van der Waals surface area contributed by atoms with Gasteiger partial charge in [-0.15, -0.1) is 12.6 Å². The van der Waals surface area contributed by atoms with Crippen molar-refractivity contribution in [3.8, 4) is 0 Å². The highest BCUT2D eigenvalue weighted by atomic mass is 32.1. The molecule has 0 spiro atoms. The molecule has 2 heteroatoms. The molecule has 0 fully saturated rings. The van der Waals surface area contributed by atoms with Gasteiger partial charge in [-0.3, -0.25) is 0 Å². The van der Waals surface area contributed by atoms with Gasteiger partial charge < -0.3 is 5.41 Å². The lowest BCUT2D eigenvalue weighted by molar-refractivity contribution is 1.37. The summed E-state index contributed by atoms with van der Waals surface area (Å²) in [6, 6.07) is 7.60. The van der Waals surface area contributed by atoms with Crippen LogP contribution in [0, 0.1) is 5.41 Å². The predicted molar refractivity (Wildman–Crippen MR) is 46.2 cm³/mol. The van der Waals surface area contributed by atoms with E-state index in [1.165, 1.54) is 0 Å². The predicted octanol–water partition coefficient (Wildman–Crippen LogP) is 2.36. The summed E-state index contributed by atoms with van der Waals surface area (Å²) in [5.41, 5.74) is 1.47. The second kappa shape index (κ2) is 2.88. The van der Waals surface area contributed by atoms with Crippen LogP contribution in [0.25, 0.3) is 0 Å². The minimum Gasteiger partial charge on any atom is -0.305 e. The first-order valence-corrected chi connectivity index (χ1v) is 3.50. The molecule has 0 heterocycles. The minimum absolute atomic E-state index is 0.561. The highest BCUT2D eigenvalue weighted by Gasteiger charge is 1.96. The molecule has 0 saturated carbocycles. The van der Waals surface area contributed by atoms with Crippen molar-refractivity contribution in [2.45, 2.75) is 11.8 Å². The smallest absolute Gasteiger partial charge is 0.0366 e. The minimum atomic E-state index is 0.561. The third-order valence-electron chi connectivity index (χ3n) is 1.31. The Morgan fingerprint density at radius 3 is 2.40 bits per heavy atom. The molecule has 10 heavy (non-hydrogen) atoms. The maximum atomic E-state index is 7.33. The molecule has 52 valence electrons. The Labute approximate surface area is 66.0 Å². The molecule has 1 aromatic rings. The summed E-state index contributed by atoms with van der Waals surface area (Å²) in [6.45, 7) is 1.76. The summed E-state index contributed by atoms with van der Waals surface area (Å²) >= 11 is 4.20. The molecule has 0 unspecified atom stereocenters. The van der Waals surface area contributed by atoms with Gasteiger partial charge in [0.2, 0.25) is 0 Å². The number of benzene rings is 1. The Morgan fingerprint density at radius 1 is 1.40 bits per heavy atom. The van der Waals surface area contributed by atoms with Gasteiger partial charge in [0.15, 0.2) is 0 Å². The Balaban J connectivity index is 3.15. The van der Waals surface area contributed by atoms with Crippen LogP contribution in [0.5, 0.6) is 0 Å². The largest absolute Gasteiger partial charge is 0.305 e. The fraction of sp³-hybridized carbons (Fsp3) is 0.125. The molecule has 0 aliphatic carbocycles. The third-order valence-corrected chi connectivity index (χ3v) is 1.70. The standard InChI is InChI=1S/C8H9NS/c1-6(9)7-4-2-3-5-8(7)10/h2-5,9-10H,1H3. The Kier molecular flexibility index (Phi) is 2.12. The van der Waals surface area contributed by atoms with Crippen LogP contribution in [0.15, 0.2) is 29.2 Å². The van der Waals surface area contributed by atoms with Gasteiger partial charge in [0.25, 0.3) is 0 Å². The monoisotopic (exact) mass is 151 g/mol. The lowest BCUT2D eigenvalue weighted by atomic mass is 10.1. The molecule has 1 rings (SSSR count). The zero-order chi connectivity index (χ0) is 7.56. The Morgan fingerprint density at radius 2 is 2.00 bits per heavy atom. The van der Waals surface area contributed by atoms with Crippen LogP contribution in [-0.2, 0) is 0 Å². The maximum absolute atomic E-state index is 7.33. The maximum Gasteiger partial charge on any atom is 0.0366 e. The van der Waals surface area contributed by atoms with Crippen molar-refractivity contribution in [1.82, 2.24) is 0 Å². The van der Waals surface area contributed by atoms with Crippen molar-refractivity contribution in [3.05, 3.63) is 29.8 Å². The number of thiol groups is 1. The molecule has 0 bridgehead atoms. The van der Waals surface area contributed by atoms with Crippen LogP contribution in [0.4, 0.5) is 0 Å². The molecule has 0 amide bonds. The van der Waals surface area contributed by atoms with E-state index >= 15 is 0 Å². The molecule has 0 radical (unpaired) electrons. The summed E-state index contributed by atoms with van der Waals surface area (Å²) < 4.78 is 0. The van der Waals surface area contributed by atoms with Crippen molar-refractivity contribution < 1.29 is 0 Å². The fourth-order valence-electron chi connectivity index (χ4n) is 0.791. The molecule has 1 aromatic carbocycles. The molecule has 0 saturated heterocycles. The second-order valence-electron chi connectivity index (χ2n) is 2.14. The van der Waals surface area contributed by atoms with Crippen molar-refractivity contribution in [2.75, 3.05) is 0 Å². The first-order valence-electron chi connectivity index (χ1n) is 3.05. The van der Waals surface area contributed by atoms with Gasteiger partial charge in [-0.1, -0.05) is 18.2 Å². The van der Waals surface area contributed by atoms with Crippen LogP contribution in [0.2, 0.25) is 0 Å². The average molecular weight is 151 g/mol. The summed E-state index contributed by atoms with van der Waals surface area (Å²) in [5, 5.41) is 7.33. The van der Waals surface area contributed by atoms with E-state index in [1.54, 1.807) is 6.92 Å². The SMILES string of the molecule is CC(=N)c1ccccc1S. The van der Waals surface area contributed by atoms with Gasteiger partial charge in [-0.25, -0.2) is 0 Å². The lowest BCUT2D eigenvalue weighted by Gasteiger charge is -1.99. The van der Waals surface area contributed by atoms with Gasteiger partial charge in [-0.05, 0) is 13.0 Å². The van der Waals surface area contributed by atoms with Crippen LogP contribution in [0.3, 0.4) is 0 Å². The normalized spacial score (nSPS) is 9.40. The summed E-state index contributed by atoms with van der Waals surface area (Å²) in [7, 11) is 0. The zero-order valence-corrected chi connectivity index (χ0v) is 6.65. The lowest BCUT2D eigenvalue weighted by Crippen LogP contribution is -1.92. The van der Waals surface area contributed by atoms with Crippen LogP contribution >= 0.6 is 12.6 Å². The molecule has 0 aliphatic heterocycles. The van der Waals surface area contributed by atoms with E-state index in [0.29, 0.717) is 5.71 Å².